The van der Waals surface area contributed by atoms with Crippen molar-refractivity contribution in [3.8, 4) is 0 Å². The standard InChI is InChI=1S/C11H9Cl2NO3/c12-8-2-1-3-9(13)7(8)4-5-10(15)14-6-11(16)17/h1-5H,6H2,(H,14,15)(H,16,17)/b5-4+. The third-order valence-electron chi connectivity index (χ3n) is 1.81. The van der Waals surface area contributed by atoms with Crippen molar-refractivity contribution in [1.82, 2.24) is 5.32 Å². The number of nitrogens with one attached hydrogen (secondary N) is 1. The molecule has 4 nitrogen and oxygen atoms in total. The minimum absolute atomic E-state index is 0.416. The van der Waals surface area contributed by atoms with Crippen LogP contribution < -0.4 is 5.32 Å². The number of carboxylic acids is 1. The van der Waals surface area contributed by atoms with Crippen LogP contribution in [0.2, 0.25) is 10.0 Å². The van der Waals surface area contributed by atoms with E-state index < -0.39 is 18.4 Å². The Labute approximate surface area is 108 Å². The average molecular weight is 274 g/mol. The second-order valence-electron chi connectivity index (χ2n) is 3.08. The van der Waals surface area contributed by atoms with Crippen molar-refractivity contribution in [2.24, 2.45) is 0 Å². The molecule has 1 aromatic carbocycles. The van der Waals surface area contributed by atoms with E-state index in [-0.39, 0.29) is 0 Å². The number of benzene rings is 1. The van der Waals surface area contributed by atoms with Crippen LogP contribution in [0.1, 0.15) is 5.56 Å². The van der Waals surface area contributed by atoms with Crippen molar-refractivity contribution < 1.29 is 14.7 Å². The van der Waals surface area contributed by atoms with Crippen molar-refractivity contribution in [2.45, 2.75) is 0 Å². The van der Waals surface area contributed by atoms with Crippen LogP contribution in [0.15, 0.2) is 24.3 Å². The van der Waals surface area contributed by atoms with Crippen LogP contribution in [0.4, 0.5) is 0 Å². The molecule has 0 aliphatic carbocycles. The van der Waals surface area contributed by atoms with Crippen LogP contribution in [0.5, 0.6) is 0 Å². The highest BCUT2D eigenvalue weighted by molar-refractivity contribution is 6.37. The lowest BCUT2D eigenvalue weighted by Gasteiger charge is -2.01. The van der Waals surface area contributed by atoms with E-state index in [0.29, 0.717) is 15.6 Å². The van der Waals surface area contributed by atoms with Crippen molar-refractivity contribution in [2.75, 3.05) is 6.54 Å². The van der Waals surface area contributed by atoms with E-state index in [0.717, 1.165) is 0 Å². The molecule has 0 atom stereocenters. The van der Waals surface area contributed by atoms with Gasteiger partial charge in [-0.15, -0.1) is 0 Å². The summed E-state index contributed by atoms with van der Waals surface area (Å²) in [6.07, 6.45) is 2.61. The first-order valence-corrected chi connectivity index (χ1v) is 5.38. The predicted octanol–water partition coefficient (Wildman–Crippen LogP) is 2.21. The summed E-state index contributed by atoms with van der Waals surface area (Å²) >= 11 is 11.8. The van der Waals surface area contributed by atoms with Gasteiger partial charge in [0.1, 0.15) is 6.54 Å². The fourth-order valence-electron chi connectivity index (χ4n) is 1.05. The molecule has 17 heavy (non-hydrogen) atoms. The molecular weight excluding hydrogens is 265 g/mol. The number of halogens is 2. The van der Waals surface area contributed by atoms with Gasteiger partial charge in [0.05, 0.1) is 0 Å². The van der Waals surface area contributed by atoms with Crippen LogP contribution in [0, 0.1) is 0 Å². The molecule has 1 amide bonds. The molecule has 0 aromatic heterocycles. The molecule has 0 aliphatic rings. The highest BCUT2D eigenvalue weighted by Crippen LogP contribution is 2.25. The lowest BCUT2D eigenvalue weighted by Crippen LogP contribution is -2.27. The number of carboxylic acid groups (broad SMARTS) is 1. The zero-order valence-electron chi connectivity index (χ0n) is 8.61. The van der Waals surface area contributed by atoms with Crippen LogP contribution in [-0.4, -0.2) is 23.5 Å². The summed E-state index contributed by atoms with van der Waals surface area (Å²) < 4.78 is 0. The number of hydrogen-bond donors (Lipinski definition) is 2. The lowest BCUT2D eigenvalue weighted by molar-refractivity contribution is -0.137. The van der Waals surface area contributed by atoms with Gasteiger partial charge in [-0.25, -0.2) is 0 Å². The first-order valence-electron chi connectivity index (χ1n) is 4.62. The Morgan fingerprint density at radius 1 is 1.29 bits per heavy atom. The summed E-state index contributed by atoms with van der Waals surface area (Å²) in [6, 6.07) is 4.97. The van der Waals surface area contributed by atoms with Crippen molar-refractivity contribution in [1.29, 1.82) is 0 Å². The highest BCUT2D eigenvalue weighted by atomic mass is 35.5. The van der Waals surface area contributed by atoms with Crippen molar-refractivity contribution in [3.63, 3.8) is 0 Å². The second kappa shape index (κ2) is 6.27. The molecule has 0 radical (unpaired) electrons. The predicted molar refractivity (Wildman–Crippen MR) is 66.1 cm³/mol. The first-order chi connectivity index (χ1) is 8.00. The number of carbonyl (C=O) groups is 2. The summed E-state index contributed by atoms with van der Waals surface area (Å²) in [6.45, 7) is -0.431. The number of aliphatic carboxylic acids is 1. The molecule has 6 heteroatoms. The van der Waals surface area contributed by atoms with Crippen molar-refractivity contribution in [3.05, 3.63) is 39.9 Å². The Morgan fingerprint density at radius 2 is 1.88 bits per heavy atom. The number of carbonyl (C=O) groups excluding carboxylic acids is 1. The van der Waals surface area contributed by atoms with E-state index >= 15 is 0 Å². The first kappa shape index (κ1) is 13.5. The normalized spacial score (nSPS) is 10.5. The van der Waals surface area contributed by atoms with E-state index in [1.165, 1.54) is 12.2 Å². The van der Waals surface area contributed by atoms with Crippen LogP contribution in [0.25, 0.3) is 6.08 Å². The Kier molecular flexibility index (Phi) is 5.00. The SMILES string of the molecule is O=C(O)CNC(=O)/C=C/c1c(Cl)cccc1Cl. The fraction of sp³-hybridized carbons (Fsp3) is 0.0909. The van der Waals surface area contributed by atoms with Gasteiger partial charge < -0.3 is 10.4 Å². The number of amides is 1. The summed E-state index contributed by atoms with van der Waals surface area (Å²) in [7, 11) is 0. The van der Waals surface area contributed by atoms with Crippen LogP contribution in [0.3, 0.4) is 0 Å². The third-order valence-corrected chi connectivity index (χ3v) is 2.47. The van der Waals surface area contributed by atoms with E-state index in [1.54, 1.807) is 18.2 Å². The fourth-order valence-corrected chi connectivity index (χ4v) is 1.57. The largest absolute Gasteiger partial charge is 0.480 e. The molecule has 0 aliphatic heterocycles. The van der Waals surface area contributed by atoms with Gasteiger partial charge in [0.15, 0.2) is 0 Å². The highest BCUT2D eigenvalue weighted by Gasteiger charge is 2.03. The van der Waals surface area contributed by atoms with Crippen molar-refractivity contribution >= 4 is 41.2 Å². The van der Waals surface area contributed by atoms with Gasteiger partial charge in [-0.05, 0) is 18.2 Å². The summed E-state index contributed by atoms with van der Waals surface area (Å²) in [5.74, 6) is -1.63. The zero-order chi connectivity index (χ0) is 12.8. The van der Waals surface area contributed by atoms with Gasteiger partial charge in [0.2, 0.25) is 5.91 Å². The molecular formula is C11H9Cl2NO3. The Hall–Kier alpha value is -1.52. The minimum atomic E-state index is -1.11. The van der Waals surface area contributed by atoms with Crippen LogP contribution >= 0.6 is 23.2 Å². The number of rotatable bonds is 4. The second-order valence-corrected chi connectivity index (χ2v) is 3.89. The quantitative estimate of drug-likeness (QED) is 0.827. The summed E-state index contributed by atoms with van der Waals surface area (Å²) in [5, 5.41) is 11.4. The minimum Gasteiger partial charge on any atom is -0.480 e. The number of hydrogen-bond acceptors (Lipinski definition) is 2. The molecule has 0 fully saturated rings. The maximum Gasteiger partial charge on any atom is 0.322 e. The molecule has 0 heterocycles. The molecule has 1 rings (SSSR count). The Bertz CT molecular complexity index is 452. The Balaban J connectivity index is 2.70. The zero-order valence-corrected chi connectivity index (χ0v) is 10.1. The van der Waals surface area contributed by atoms with E-state index in [9.17, 15) is 9.59 Å². The van der Waals surface area contributed by atoms with Gasteiger partial charge in [0, 0.05) is 21.7 Å². The monoisotopic (exact) mass is 273 g/mol. The van der Waals surface area contributed by atoms with Gasteiger partial charge in [-0.2, -0.15) is 0 Å². The molecule has 2 N–H and O–H groups in total. The molecule has 0 unspecified atom stereocenters. The average Bonchev–Trinajstić information content (AvgIpc) is 2.25. The van der Waals surface area contributed by atoms with Gasteiger partial charge in [0.25, 0.3) is 0 Å². The van der Waals surface area contributed by atoms with E-state index in [4.69, 9.17) is 28.3 Å². The lowest BCUT2D eigenvalue weighted by atomic mass is 10.2. The molecule has 0 bridgehead atoms. The molecule has 1 aromatic rings. The Morgan fingerprint density at radius 3 is 2.41 bits per heavy atom. The van der Waals surface area contributed by atoms with Gasteiger partial charge >= 0.3 is 5.97 Å². The molecule has 0 spiro atoms. The molecule has 0 saturated carbocycles. The molecule has 0 saturated heterocycles. The van der Waals surface area contributed by atoms with E-state index in [1.807, 2.05) is 0 Å². The smallest absolute Gasteiger partial charge is 0.322 e. The topological polar surface area (TPSA) is 66.4 Å². The summed E-state index contributed by atoms with van der Waals surface area (Å²) in [4.78, 5) is 21.4. The maximum absolute atomic E-state index is 11.2. The van der Waals surface area contributed by atoms with E-state index in [2.05, 4.69) is 5.32 Å². The molecule has 90 valence electrons. The van der Waals surface area contributed by atoms with Crippen LogP contribution in [-0.2, 0) is 9.59 Å². The summed E-state index contributed by atoms with van der Waals surface area (Å²) in [5.41, 5.74) is 0.515. The van der Waals surface area contributed by atoms with Gasteiger partial charge in [-0.3, -0.25) is 9.59 Å². The third kappa shape index (κ3) is 4.46. The maximum atomic E-state index is 11.2. The van der Waals surface area contributed by atoms with Gasteiger partial charge in [-0.1, -0.05) is 29.3 Å².